The van der Waals surface area contributed by atoms with Crippen LogP contribution in [0, 0.1) is 5.41 Å². The SMILES string of the molecule is CCOC(=O)[C@H]1CC2(CC2)C(=O)N1. The standard InChI is InChI=1S/C9H13NO3/c1-2-13-7(11)6-5-9(3-4-9)8(12)10-6/h6H,2-5H2,1H3,(H,10,12)/t6-/m1/s1. The summed E-state index contributed by atoms with van der Waals surface area (Å²) in [5.74, 6) is -0.259. The van der Waals surface area contributed by atoms with Gasteiger partial charge in [0.2, 0.25) is 5.91 Å². The first-order chi connectivity index (χ1) is 6.18. The molecule has 2 fully saturated rings. The Bertz CT molecular complexity index is 258. The van der Waals surface area contributed by atoms with E-state index in [0.29, 0.717) is 13.0 Å². The summed E-state index contributed by atoms with van der Waals surface area (Å²) in [5.41, 5.74) is -0.197. The third-order valence-electron chi connectivity index (χ3n) is 2.81. The highest BCUT2D eigenvalue weighted by molar-refractivity contribution is 5.94. The molecule has 0 aromatic heterocycles. The molecule has 0 aromatic carbocycles. The lowest BCUT2D eigenvalue weighted by molar-refractivity contribution is -0.145. The van der Waals surface area contributed by atoms with Crippen molar-refractivity contribution in [3.05, 3.63) is 0 Å². The monoisotopic (exact) mass is 183 g/mol. The van der Waals surface area contributed by atoms with Crippen molar-refractivity contribution in [3.8, 4) is 0 Å². The molecule has 1 heterocycles. The van der Waals surface area contributed by atoms with Crippen LogP contribution in [0.3, 0.4) is 0 Å². The average Bonchev–Trinajstić information content (AvgIpc) is 2.77. The Morgan fingerprint density at radius 1 is 1.69 bits per heavy atom. The van der Waals surface area contributed by atoms with E-state index >= 15 is 0 Å². The van der Waals surface area contributed by atoms with Gasteiger partial charge in [-0.1, -0.05) is 0 Å². The fourth-order valence-electron chi connectivity index (χ4n) is 1.81. The molecule has 13 heavy (non-hydrogen) atoms. The van der Waals surface area contributed by atoms with Crippen LogP contribution in [-0.2, 0) is 14.3 Å². The quantitative estimate of drug-likeness (QED) is 0.623. The zero-order valence-electron chi connectivity index (χ0n) is 7.63. The van der Waals surface area contributed by atoms with Gasteiger partial charge in [0, 0.05) is 0 Å². The molecule has 1 spiro atoms. The Hall–Kier alpha value is -1.06. The predicted molar refractivity (Wildman–Crippen MR) is 44.8 cm³/mol. The molecule has 2 aliphatic rings. The van der Waals surface area contributed by atoms with E-state index < -0.39 is 6.04 Å². The van der Waals surface area contributed by atoms with Gasteiger partial charge in [0.1, 0.15) is 6.04 Å². The first kappa shape index (κ1) is 8.53. The van der Waals surface area contributed by atoms with E-state index in [4.69, 9.17) is 4.74 Å². The van der Waals surface area contributed by atoms with Crippen molar-refractivity contribution in [1.82, 2.24) is 5.32 Å². The molecule has 2 rings (SSSR count). The van der Waals surface area contributed by atoms with Crippen LogP contribution in [0.4, 0.5) is 0 Å². The van der Waals surface area contributed by atoms with Crippen molar-refractivity contribution in [1.29, 1.82) is 0 Å². The van der Waals surface area contributed by atoms with Crippen LogP contribution >= 0.6 is 0 Å². The predicted octanol–water partition coefficient (Wildman–Crippen LogP) is 0.218. The molecular formula is C9H13NO3. The minimum atomic E-state index is -0.394. The number of ether oxygens (including phenoxy) is 1. The van der Waals surface area contributed by atoms with Gasteiger partial charge >= 0.3 is 5.97 Å². The van der Waals surface area contributed by atoms with Crippen LogP contribution in [0.2, 0.25) is 0 Å². The Kier molecular flexibility index (Phi) is 1.78. The van der Waals surface area contributed by atoms with Crippen molar-refractivity contribution >= 4 is 11.9 Å². The number of nitrogens with one attached hydrogen (secondary N) is 1. The highest BCUT2D eigenvalue weighted by atomic mass is 16.5. The lowest BCUT2D eigenvalue weighted by Gasteiger charge is -2.07. The number of carbonyl (C=O) groups excluding carboxylic acids is 2. The molecule has 0 aromatic rings. The molecule has 1 saturated heterocycles. The van der Waals surface area contributed by atoms with E-state index in [1.807, 2.05) is 0 Å². The van der Waals surface area contributed by atoms with E-state index in [0.717, 1.165) is 12.8 Å². The Labute approximate surface area is 76.6 Å². The zero-order chi connectivity index (χ0) is 9.47. The largest absolute Gasteiger partial charge is 0.464 e. The van der Waals surface area contributed by atoms with Crippen molar-refractivity contribution in [3.63, 3.8) is 0 Å². The van der Waals surface area contributed by atoms with E-state index in [1.165, 1.54) is 0 Å². The summed E-state index contributed by atoms with van der Waals surface area (Å²) in [4.78, 5) is 22.6. The van der Waals surface area contributed by atoms with E-state index in [9.17, 15) is 9.59 Å². The van der Waals surface area contributed by atoms with E-state index in [2.05, 4.69) is 5.32 Å². The summed E-state index contributed by atoms with van der Waals surface area (Å²) in [6.45, 7) is 2.14. The number of rotatable bonds is 2. The van der Waals surface area contributed by atoms with E-state index in [-0.39, 0.29) is 17.3 Å². The number of esters is 1. The fraction of sp³-hybridized carbons (Fsp3) is 0.778. The number of carbonyl (C=O) groups is 2. The Morgan fingerprint density at radius 2 is 2.38 bits per heavy atom. The van der Waals surface area contributed by atoms with Gasteiger partial charge in [-0.3, -0.25) is 4.79 Å². The molecule has 0 radical (unpaired) electrons. The molecular weight excluding hydrogens is 170 g/mol. The number of hydrogen-bond acceptors (Lipinski definition) is 3. The van der Waals surface area contributed by atoms with Gasteiger partial charge < -0.3 is 10.1 Å². The molecule has 0 bridgehead atoms. The van der Waals surface area contributed by atoms with Crippen molar-refractivity contribution in [2.75, 3.05) is 6.61 Å². The normalized spacial score (nSPS) is 28.7. The van der Waals surface area contributed by atoms with Crippen molar-refractivity contribution < 1.29 is 14.3 Å². The summed E-state index contributed by atoms with van der Waals surface area (Å²) in [5, 5.41) is 2.68. The molecule has 1 aliphatic heterocycles. The minimum absolute atomic E-state index is 0.0329. The van der Waals surface area contributed by atoms with Gasteiger partial charge in [-0.05, 0) is 26.2 Å². The summed E-state index contributed by atoms with van der Waals surface area (Å²) in [6, 6.07) is -0.394. The molecule has 1 amide bonds. The van der Waals surface area contributed by atoms with Crippen LogP contribution in [0.1, 0.15) is 26.2 Å². The van der Waals surface area contributed by atoms with Crippen LogP contribution in [0.15, 0.2) is 0 Å². The highest BCUT2D eigenvalue weighted by Crippen LogP contribution is 2.52. The number of hydrogen-bond donors (Lipinski definition) is 1. The molecule has 1 atom stereocenters. The topological polar surface area (TPSA) is 55.4 Å². The van der Waals surface area contributed by atoms with Gasteiger partial charge in [0.05, 0.1) is 12.0 Å². The fourth-order valence-corrected chi connectivity index (χ4v) is 1.81. The molecule has 1 saturated carbocycles. The zero-order valence-corrected chi connectivity index (χ0v) is 7.63. The Balaban J connectivity index is 1.97. The van der Waals surface area contributed by atoms with Crippen LogP contribution in [0.25, 0.3) is 0 Å². The van der Waals surface area contributed by atoms with Gasteiger partial charge in [-0.25, -0.2) is 4.79 Å². The third-order valence-corrected chi connectivity index (χ3v) is 2.81. The van der Waals surface area contributed by atoms with Gasteiger partial charge in [0.25, 0.3) is 0 Å². The summed E-state index contributed by atoms with van der Waals surface area (Å²) in [7, 11) is 0. The molecule has 4 heteroatoms. The summed E-state index contributed by atoms with van der Waals surface area (Å²) < 4.78 is 4.84. The smallest absolute Gasteiger partial charge is 0.328 e. The maximum Gasteiger partial charge on any atom is 0.328 e. The van der Waals surface area contributed by atoms with Gasteiger partial charge in [-0.15, -0.1) is 0 Å². The third kappa shape index (κ3) is 1.30. The van der Waals surface area contributed by atoms with Gasteiger partial charge in [-0.2, -0.15) is 0 Å². The van der Waals surface area contributed by atoms with Crippen LogP contribution in [-0.4, -0.2) is 24.5 Å². The molecule has 1 aliphatic carbocycles. The van der Waals surface area contributed by atoms with Crippen molar-refractivity contribution in [2.45, 2.75) is 32.2 Å². The maximum absolute atomic E-state index is 11.4. The van der Waals surface area contributed by atoms with Gasteiger partial charge in [0.15, 0.2) is 0 Å². The lowest BCUT2D eigenvalue weighted by atomic mass is 10.0. The minimum Gasteiger partial charge on any atom is -0.464 e. The second-order valence-corrected chi connectivity index (χ2v) is 3.76. The molecule has 1 N–H and O–H groups in total. The maximum atomic E-state index is 11.4. The molecule has 4 nitrogen and oxygen atoms in total. The number of amides is 1. The first-order valence-corrected chi connectivity index (χ1v) is 4.65. The summed E-state index contributed by atoms with van der Waals surface area (Å²) in [6.07, 6.45) is 2.48. The molecule has 0 unspecified atom stereocenters. The first-order valence-electron chi connectivity index (χ1n) is 4.65. The van der Waals surface area contributed by atoms with Crippen LogP contribution in [0.5, 0.6) is 0 Å². The molecule has 72 valence electrons. The second-order valence-electron chi connectivity index (χ2n) is 3.76. The van der Waals surface area contributed by atoms with E-state index in [1.54, 1.807) is 6.92 Å². The highest BCUT2D eigenvalue weighted by Gasteiger charge is 2.57. The lowest BCUT2D eigenvalue weighted by Crippen LogP contribution is -2.34. The summed E-state index contributed by atoms with van der Waals surface area (Å²) >= 11 is 0. The van der Waals surface area contributed by atoms with Crippen molar-refractivity contribution in [2.24, 2.45) is 5.41 Å². The second kappa shape index (κ2) is 2.72. The van der Waals surface area contributed by atoms with Crippen LogP contribution < -0.4 is 5.32 Å². The average molecular weight is 183 g/mol. The Morgan fingerprint density at radius 3 is 2.85 bits per heavy atom.